The standard InChI is InChI=1S/C18H27NO/c1-12-8-13(2)10-16(9-12)18(20)11-14(3)15-4-6-17(19)7-5-15/h4-7,12-14,16H,8-11,19H2,1-3H3. The summed E-state index contributed by atoms with van der Waals surface area (Å²) in [6.07, 6.45) is 4.10. The predicted molar refractivity (Wildman–Crippen MR) is 84.6 cm³/mol. The van der Waals surface area contributed by atoms with E-state index in [-0.39, 0.29) is 11.8 Å². The van der Waals surface area contributed by atoms with Gasteiger partial charge in [0.05, 0.1) is 0 Å². The predicted octanol–water partition coefficient (Wildman–Crippen LogP) is 4.40. The van der Waals surface area contributed by atoms with Crippen LogP contribution in [0.15, 0.2) is 24.3 Å². The molecule has 1 fully saturated rings. The van der Waals surface area contributed by atoms with Crippen LogP contribution in [0.3, 0.4) is 0 Å². The molecule has 2 N–H and O–H groups in total. The Morgan fingerprint density at radius 1 is 1.15 bits per heavy atom. The second-order valence-corrected chi connectivity index (χ2v) is 6.85. The van der Waals surface area contributed by atoms with Crippen LogP contribution in [0.4, 0.5) is 5.69 Å². The van der Waals surface area contributed by atoms with Crippen LogP contribution in [0.2, 0.25) is 0 Å². The zero-order chi connectivity index (χ0) is 14.7. The topological polar surface area (TPSA) is 43.1 Å². The molecule has 0 amide bonds. The second-order valence-electron chi connectivity index (χ2n) is 6.85. The SMILES string of the molecule is CC1CC(C)CC(C(=O)CC(C)c2ccc(N)cc2)C1. The van der Waals surface area contributed by atoms with Gasteiger partial charge in [-0.1, -0.05) is 32.9 Å². The molecule has 3 atom stereocenters. The first kappa shape index (κ1) is 15.1. The van der Waals surface area contributed by atoms with Crippen molar-refractivity contribution < 1.29 is 4.79 Å². The third-order valence-electron chi connectivity index (χ3n) is 4.65. The maximum absolute atomic E-state index is 12.5. The fraction of sp³-hybridized carbons (Fsp3) is 0.611. The van der Waals surface area contributed by atoms with Gasteiger partial charge in [-0.25, -0.2) is 0 Å². The highest BCUT2D eigenvalue weighted by atomic mass is 16.1. The largest absolute Gasteiger partial charge is 0.399 e. The molecule has 1 aromatic carbocycles. The van der Waals surface area contributed by atoms with E-state index < -0.39 is 0 Å². The van der Waals surface area contributed by atoms with Gasteiger partial charge in [-0.2, -0.15) is 0 Å². The van der Waals surface area contributed by atoms with Crippen LogP contribution in [-0.4, -0.2) is 5.78 Å². The van der Waals surface area contributed by atoms with Gasteiger partial charge in [0.2, 0.25) is 0 Å². The highest BCUT2D eigenvalue weighted by Crippen LogP contribution is 2.35. The monoisotopic (exact) mass is 273 g/mol. The number of nitrogen functional groups attached to an aromatic ring is 1. The fourth-order valence-corrected chi connectivity index (χ4v) is 3.62. The lowest BCUT2D eigenvalue weighted by atomic mass is 9.73. The molecule has 0 bridgehead atoms. The molecular weight excluding hydrogens is 246 g/mol. The van der Waals surface area contributed by atoms with Gasteiger partial charge in [-0.3, -0.25) is 4.79 Å². The minimum Gasteiger partial charge on any atom is -0.399 e. The van der Waals surface area contributed by atoms with Gasteiger partial charge in [-0.15, -0.1) is 0 Å². The molecule has 0 aromatic heterocycles. The summed E-state index contributed by atoms with van der Waals surface area (Å²) in [7, 11) is 0. The van der Waals surface area contributed by atoms with E-state index in [1.54, 1.807) is 0 Å². The van der Waals surface area contributed by atoms with E-state index in [0.29, 0.717) is 24.0 Å². The van der Waals surface area contributed by atoms with Crippen LogP contribution in [0.25, 0.3) is 0 Å². The van der Waals surface area contributed by atoms with Gasteiger partial charge in [0.25, 0.3) is 0 Å². The van der Waals surface area contributed by atoms with E-state index >= 15 is 0 Å². The van der Waals surface area contributed by atoms with Crippen LogP contribution < -0.4 is 5.73 Å². The van der Waals surface area contributed by atoms with E-state index in [9.17, 15) is 4.79 Å². The highest BCUT2D eigenvalue weighted by molar-refractivity contribution is 5.82. The quantitative estimate of drug-likeness (QED) is 0.826. The summed E-state index contributed by atoms with van der Waals surface area (Å²) in [5.41, 5.74) is 7.70. The van der Waals surface area contributed by atoms with E-state index in [1.807, 2.05) is 24.3 Å². The van der Waals surface area contributed by atoms with Crippen molar-refractivity contribution in [1.82, 2.24) is 0 Å². The summed E-state index contributed by atoms with van der Waals surface area (Å²) >= 11 is 0. The number of rotatable bonds is 4. The Morgan fingerprint density at radius 3 is 2.25 bits per heavy atom. The molecule has 1 aliphatic rings. The molecule has 3 unspecified atom stereocenters. The zero-order valence-electron chi connectivity index (χ0n) is 12.9. The molecule has 0 spiro atoms. The highest BCUT2D eigenvalue weighted by Gasteiger charge is 2.29. The summed E-state index contributed by atoms with van der Waals surface area (Å²) < 4.78 is 0. The number of nitrogens with two attached hydrogens (primary N) is 1. The Kier molecular flexibility index (Phi) is 4.85. The molecule has 1 aromatic rings. The number of carbonyl (C=O) groups excluding carboxylic acids is 1. The molecule has 2 rings (SSSR count). The molecule has 0 heterocycles. The van der Waals surface area contributed by atoms with Crippen LogP contribution in [0, 0.1) is 17.8 Å². The first-order valence-corrected chi connectivity index (χ1v) is 7.83. The maximum atomic E-state index is 12.5. The van der Waals surface area contributed by atoms with E-state index in [4.69, 9.17) is 5.73 Å². The number of carbonyl (C=O) groups is 1. The molecule has 110 valence electrons. The lowest BCUT2D eigenvalue weighted by Crippen LogP contribution is -2.26. The van der Waals surface area contributed by atoms with Gasteiger partial charge >= 0.3 is 0 Å². The minimum atomic E-state index is 0.282. The first-order chi connectivity index (χ1) is 9.45. The summed E-state index contributed by atoms with van der Waals surface area (Å²) in [5, 5.41) is 0. The van der Waals surface area contributed by atoms with Crippen molar-refractivity contribution in [2.24, 2.45) is 17.8 Å². The van der Waals surface area contributed by atoms with Crippen LogP contribution in [-0.2, 0) is 4.79 Å². The van der Waals surface area contributed by atoms with Crippen molar-refractivity contribution in [3.8, 4) is 0 Å². The number of hydrogen-bond acceptors (Lipinski definition) is 2. The third kappa shape index (κ3) is 3.84. The lowest BCUT2D eigenvalue weighted by molar-refractivity contribution is -0.125. The lowest BCUT2D eigenvalue weighted by Gasteiger charge is -2.31. The van der Waals surface area contributed by atoms with Gasteiger partial charge in [0.1, 0.15) is 5.78 Å². The number of benzene rings is 1. The van der Waals surface area contributed by atoms with E-state index in [2.05, 4.69) is 20.8 Å². The number of Topliss-reactive ketones (excluding diaryl/α,β-unsaturated/α-hetero) is 1. The van der Waals surface area contributed by atoms with Crippen molar-refractivity contribution in [2.45, 2.75) is 52.4 Å². The Labute approximate surface area is 122 Å². The Morgan fingerprint density at radius 2 is 1.70 bits per heavy atom. The fourth-order valence-electron chi connectivity index (χ4n) is 3.62. The van der Waals surface area contributed by atoms with Crippen molar-refractivity contribution in [2.75, 3.05) is 5.73 Å². The Hall–Kier alpha value is -1.31. The maximum Gasteiger partial charge on any atom is 0.136 e. The first-order valence-electron chi connectivity index (χ1n) is 7.83. The molecule has 2 heteroatoms. The van der Waals surface area contributed by atoms with Crippen molar-refractivity contribution in [1.29, 1.82) is 0 Å². The summed E-state index contributed by atoms with van der Waals surface area (Å²) in [6.45, 7) is 6.69. The summed E-state index contributed by atoms with van der Waals surface area (Å²) in [5.74, 6) is 2.41. The summed E-state index contributed by atoms with van der Waals surface area (Å²) in [4.78, 5) is 12.5. The molecule has 0 saturated heterocycles. The normalized spacial score (nSPS) is 28.1. The van der Waals surface area contributed by atoms with E-state index in [1.165, 1.54) is 12.0 Å². The molecule has 20 heavy (non-hydrogen) atoms. The number of anilines is 1. The average molecular weight is 273 g/mol. The third-order valence-corrected chi connectivity index (χ3v) is 4.65. The smallest absolute Gasteiger partial charge is 0.136 e. The molecule has 1 aliphatic carbocycles. The molecule has 2 nitrogen and oxygen atoms in total. The second kappa shape index (κ2) is 6.43. The van der Waals surface area contributed by atoms with Gasteiger partial charge in [0, 0.05) is 18.0 Å². The minimum absolute atomic E-state index is 0.282. The summed E-state index contributed by atoms with van der Waals surface area (Å²) in [6, 6.07) is 7.92. The molecule has 0 radical (unpaired) electrons. The molecule has 1 saturated carbocycles. The van der Waals surface area contributed by atoms with Crippen molar-refractivity contribution in [3.63, 3.8) is 0 Å². The number of ketones is 1. The zero-order valence-corrected chi connectivity index (χ0v) is 12.9. The van der Waals surface area contributed by atoms with Crippen molar-refractivity contribution >= 4 is 11.5 Å². The van der Waals surface area contributed by atoms with Gasteiger partial charge < -0.3 is 5.73 Å². The average Bonchev–Trinajstić information content (AvgIpc) is 2.38. The Bertz CT molecular complexity index is 441. The molecular formula is C18H27NO. The van der Waals surface area contributed by atoms with Crippen molar-refractivity contribution in [3.05, 3.63) is 29.8 Å². The van der Waals surface area contributed by atoms with Crippen LogP contribution >= 0.6 is 0 Å². The Balaban J connectivity index is 1.95. The molecule has 0 aliphatic heterocycles. The van der Waals surface area contributed by atoms with E-state index in [0.717, 1.165) is 18.5 Å². The van der Waals surface area contributed by atoms with Gasteiger partial charge in [-0.05, 0) is 54.7 Å². The van der Waals surface area contributed by atoms with Crippen LogP contribution in [0.1, 0.15) is 57.9 Å². The van der Waals surface area contributed by atoms with Gasteiger partial charge in [0.15, 0.2) is 0 Å². The number of hydrogen-bond donors (Lipinski definition) is 1. The van der Waals surface area contributed by atoms with Crippen LogP contribution in [0.5, 0.6) is 0 Å².